The molecule has 1 saturated heterocycles. The van der Waals surface area contributed by atoms with Crippen LogP contribution in [0, 0.1) is 0 Å². The minimum absolute atomic E-state index is 0.0221. The number of amides is 1. The van der Waals surface area contributed by atoms with Gasteiger partial charge in [0, 0.05) is 13.1 Å². The van der Waals surface area contributed by atoms with Gasteiger partial charge < -0.3 is 10.0 Å². The number of piperidine rings is 1. The van der Waals surface area contributed by atoms with E-state index >= 15 is 0 Å². The highest BCUT2D eigenvalue weighted by molar-refractivity contribution is 8.04. The number of allylic oxidation sites excluding steroid dienone is 2. The zero-order chi connectivity index (χ0) is 16.5. The minimum atomic E-state index is -1.00. The Balaban J connectivity index is 1.90. The number of carboxylic acid groups (broad SMARTS) is 1. The third-order valence-electron chi connectivity index (χ3n) is 3.61. The van der Waals surface area contributed by atoms with Crippen LogP contribution < -0.4 is 0 Å². The first kappa shape index (κ1) is 17.3. The number of nitrogens with zero attached hydrogens (tertiary/aromatic N) is 1. The maximum absolute atomic E-state index is 12.1. The molecule has 0 unspecified atom stereocenters. The molecule has 0 saturated carbocycles. The van der Waals surface area contributed by atoms with Crippen molar-refractivity contribution in [3.8, 4) is 0 Å². The van der Waals surface area contributed by atoms with Crippen molar-refractivity contribution in [1.82, 2.24) is 4.90 Å². The molecular formula is C18H21NO3S. The summed E-state index contributed by atoms with van der Waals surface area (Å²) in [7, 11) is 0. The van der Waals surface area contributed by atoms with Crippen LogP contribution in [0.4, 0.5) is 0 Å². The van der Waals surface area contributed by atoms with Gasteiger partial charge in [-0.05, 0) is 30.9 Å². The molecule has 1 aliphatic heterocycles. The predicted molar refractivity (Wildman–Crippen MR) is 94.1 cm³/mol. The summed E-state index contributed by atoms with van der Waals surface area (Å²) in [6.07, 6.45) is 8.34. The van der Waals surface area contributed by atoms with Crippen molar-refractivity contribution in [3.05, 3.63) is 53.0 Å². The standard InChI is InChI=1S/C18H21NO3S/c20-17(19-12-5-2-6-13-19)14-23-16(18(21)22)11-7-10-15-8-3-1-4-9-15/h1,3-4,7-11H,2,5-6,12-14H2,(H,21,22)/b10-7+,16-11+. The molecule has 0 aromatic heterocycles. The van der Waals surface area contributed by atoms with Crippen LogP contribution >= 0.6 is 11.8 Å². The second kappa shape index (κ2) is 9.20. The van der Waals surface area contributed by atoms with E-state index < -0.39 is 5.97 Å². The van der Waals surface area contributed by atoms with Crippen molar-refractivity contribution in [2.24, 2.45) is 0 Å². The number of hydrogen-bond donors (Lipinski definition) is 1. The Morgan fingerprint density at radius 1 is 1.13 bits per heavy atom. The van der Waals surface area contributed by atoms with Crippen molar-refractivity contribution >= 4 is 29.7 Å². The quantitative estimate of drug-likeness (QED) is 0.641. The summed E-state index contributed by atoms with van der Waals surface area (Å²) >= 11 is 1.09. The number of hydrogen-bond acceptors (Lipinski definition) is 3. The number of aliphatic carboxylic acids is 1. The molecule has 1 aromatic carbocycles. The first-order valence-electron chi connectivity index (χ1n) is 7.74. The fraction of sp³-hybridized carbons (Fsp3) is 0.333. The van der Waals surface area contributed by atoms with Gasteiger partial charge in [-0.1, -0.05) is 42.5 Å². The van der Waals surface area contributed by atoms with Crippen LogP contribution in [0.2, 0.25) is 0 Å². The van der Waals surface area contributed by atoms with E-state index in [0.717, 1.165) is 43.3 Å². The smallest absolute Gasteiger partial charge is 0.342 e. The fourth-order valence-electron chi connectivity index (χ4n) is 2.37. The molecule has 0 aliphatic carbocycles. The Labute approximate surface area is 140 Å². The second-order valence-electron chi connectivity index (χ2n) is 5.34. The van der Waals surface area contributed by atoms with Gasteiger partial charge in [-0.15, -0.1) is 11.8 Å². The molecule has 0 spiro atoms. The molecule has 0 radical (unpaired) electrons. The molecule has 1 aliphatic rings. The van der Waals surface area contributed by atoms with Crippen molar-refractivity contribution in [3.63, 3.8) is 0 Å². The number of thioether (sulfide) groups is 1. The van der Waals surface area contributed by atoms with E-state index in [1.807, 2.05) is 41.3 Å². The number of carbonyl (C=O) groups is 2. The lowest BCUT2D eigenvalue weighted by Crippen LogP contribution is -2.36. The Bertz CT molecular complexity index is 590. The van der Waals surface area contributed by atoms with Gasteiger partial charge >= 0.3 is 5.97 Å². The number of likely N-dealkylation sites (tertiary alicyclic amines) is 1. The van der Waals surface area contributed by atoms with Crippen LogP contribution in [0.15, 0.2) is 47.4 Å². The van der Waals surface area contributed by atoms with E-state index in [-0.39, 0.29) is 16.6 Å². The summed E-state index contributed by atoms with van der Waals surface area (Å²) in [4.78, 5) is 25.4. The van der Waals surface area contributed by atoms with E-state index in [4.69, 9.17) is 0 Å². The Morgan fingerprint density at radius 3 is 2.48 bits per heavy atom. The van der Waals surface area contributed by atoms with E-state index in [0.29, 0.717) is 0 Å². The lowest BCUT2D eigenvalue weighted by molar-refractivity contribution is -0.131. The number of carbonyl (C=O) groups excluding carboxylic acids is 1. The summed E-state index contributed by atoms with van der Waals surface area (Å²) in [5, 5.41) is 9.25. The number of carboxylic acids is 1. The Morgan fingerprint density at radius 2 is 1.83 bits per heavy atom. The monoisotopic (exact) mass is 331 g/mol. The minimum Gasteiger partial charge on any atom is -0.477 e. The zero-order valence-corrected chi connectivity index (χ0v) is 13.8. The topological polar surface area (TPSA) is 57.6 Å². The fourth-order valence-corrected chi connectivity index (χ4v) is 3.13. The third-order valence-corrected chi connectivity index (χ3v) is 4.62. The lowest BCUT2D eigenvalue weighted by atomic mass is 10.1. The number of benzene rings is 1. The summed E-state index contributed by atoms with van der Waals surface area (Å²) in [6.45, 7) is 1.58. The molecule has 2 rings (SSSR count). The van der Waals surface area contributed by atoms with Crippen LogP contribution in [0.1, 0.15) is 24.8 Å². The van der Waals surface area contributed by atoms with Gasteiger partial charge in [0.05, 0.1) is 10.7 Å². The van der Waals surface area contributed by atoms with Gasteiger partial charge in [0.15, 0.2) is 0 Å². The van der Waals surface area contributed by atoms with Crippen molar-refractivity contribution in [1.29, 1.82) is 0 Å². The molecular weight excluding hydrogens is 310 g/mol. The zero-order valence-electron chi connectivity index (χ0n) is 13.0. The van der Waals surface area contributed by atoms with E-state index in [9.17, 15) is 14.7 Å². The SMILES string of the molecule is O=C(O)/C(=C\C=C\c1ccccc1)SCC(=O)N1CCCCC1. The van der Waals surface area contributed by atoms with Crippen LogP contribution in [0.5, 0.6) is 0 Å². The van der Waals surface area contributed by atoms with Gasteiger partial charge in [0.2, 0.25) is 5.91 Å². The Kier molecular flexibility index (Phi) is 6.94. The molecule has 0 bridgehead atoms. The lowest BCUT2D eigenvalue weighted by Gasteiger charge is -2.26. The van der Waals surface area contributed by atoms with Crippen LogP contribution in [0.3, 0.4) is 0 Å². The average molecular weight is 331 g/mol. The van der Waals surface area contributed by atoms with Crippen LogP contribution in [-0.4, -0.2) is 40.7 Å². The molecule has 1 heterocycles. The van der Waals surface area contributed by atoms with Gasteiger partial charge in [0.1, 0.15) is 0 Å². The van der Waals surface area contributed by atoms with Gasteiger partial charge in [-0.2, -0.15) is 0 Å². The highest BCUT2D eigenvalue weighted by Gasteiger charge is 2.18. The summed E-state index contributed by atoms with van der Waals surface area (Å²) in [5.41, 5.74) is 1.00. The van der Waals surface area contributed by atoms with Gasteiger partial charge in [-0.3, -0.25) is 4.79 Å². The van der Waals surface area contributed by atoms with Crippen molar-refractivity contribution in [2.75, 3.05) is 18.8 Å². The van der Waals surface area contributed by atoms with Gasteiger partial charge in [-0.25, -0.2) is 4.79 Å². The van der Waals surface area contributed by atoms with E-state index in [1.165, 1.54) is 6.42 Å². The highest BCUT2D eigenvalue weighted by Crippen LogP contribution is 2.18. The highest BCUT2D eigenvalue weighted by atomic mass is 32.2. The van der Waals surface area contributed by atoms with Crippen LogP contribution in [0.25, 0.3) is 6.08 Å². The van der Waals surface area contributed by atoms with Gasteiger partial charge in [0.25, 0.3) is 0 Å². The molecule has 23 heavy (non-hydrogen) atoms. The third kappa shape index (κ3) is 5.94. The van der Waals surface area contributed by atoms with Crippen LogP contribution in [-0.2, 0) is 9.59 Å². The summed E-state index contributed by atoms with van der Waals surface area (Å²) in [5.74, 6) is -0.801. The second-order valence-corrected chi connectivity index (χ2v) is 6.35. The average Bonchev–Trinajstić information content (AvgIpc) is 2.59. The van der Waals surface area contributed by atoms with E-state index in [1.54, 1.807) is 12.2 Å². The number of rotatable bonds is 6. The molecule has 1 amide bonds. The predicted octanol–water partition coefficient (Wildman–Crippen LogP) is 3.41. The van der Waals surface area contributed by atoms with Crippen molar-refractivity contribution in [2.45, 2.75) is 19.3 Å². The molecule has 122 valence electrons. The normalized spacial score (nSPS) is 15.8. The summed E-state index contributed by atoms with van der Waals surface area (Å²) in [6, 6.07) is 9.66. The molecule has 5 heteroatoms. The molecule has 1 aromatic rings. The first-order chi connectivity index (χ1) is 11.2. The maximum Gasteiger partial charge on any atom is 0.342 e. The van der Waals surface area contributed by atoms with Crippen molar-refractivity contribution < 1.29 is 14.7 Å². The first-order valence-corrected chi connectivity index (χ1v) is 8.72. The van der Waals surface area contributed by atoms with E-state index in [2.05, 4.69) is 0 Å². The molecule has 1 fully saturated rings. The summed E-state index contributed by atoms with van der Waals surface area (Å²) < 4.78 is 0. The largest absolute Gasteiger partial charge is 0.477 e. The molecule has 0 atom stereocenters. The Hall–Kier alpha value is -2.01. The molecule has 4 nitrogen and oxygen atoms in total. The molecule has 1 N–H and O–H groups in total. The maximum atomic E-state index is 12.1.